The lowest BCUT2D eigenvalue weighted by Crippen LogP contribution is -2.56. The predicted molar refractivity (Wildman–Crippen MR) is 143 cm³/mol. The van der Waals surface area contributed by atoms with E-state index in [-0.39, 0.29) is 25.9 Å². The molecule has 4 amide bonds. The number of hydrogen-bond donors (Lipinski definition) is 4. The van der Waals surface area contributed by atoms with Crippen molar-refractivity contribution in [3.8, 4) is 0 Å². The van der Waals surface area contributed by atoms with Crippen molar-refractivity contribution in [2.24, 2.45) is 0 Å². The number of hydrogen-bond acceptors (Lipinski definition) is 5. The van der Waals surface area contributed by atoms with Crippen LogP contribution >= 0.6 is 11.6 Å². The molecule has 2 aromatic carbocycles. The quantitative estimate of drug-likeness (QED) is 0.414. The summed E-state index contributed by atoms with van der Waals surface area (Å²) in [6.45, 7) is 7.08. The number of carbonyl (C=O) groups is 4. The van der Waals surface area contributed by atoms with Crippen LogP contribution in [0.3, 0.4) is 0 Å². The molecule has 0 saturated carbocycles. The molecule has 10 nitrogen and oxygen atoms in total. The average molecular weight is 545 g/mol. The Morgan fingerprint density at radius 3 is 2.45 bits per heavy atom. The Bertz CT molecular complexity index is 1210. The topological polar surface area (TPSA) is 137 Å². The molecule has 4 N–H and O–H groups in total. The van der Waals surface area contributed by atoms with Crippen molar-refractivity contribution in [1.29, 1.82) is 0 Å². The van der Waals surface area contributed by atoms with E-state index in [1.54, 1.807) is 45.9 Å². The predicted octanol–water partition coefficient (Wildman–Crippen LogP) is 4.09. The van der Waals surface area contributed by atoms with E-state index in [9.17, 15) is 24.3 Å². The Hall–Kier alpha value is -3.79. The summed E-state index contributed by atoms with van der Waals surface area (Å²) in [5.74, 6) is -1.13. The molecule has 0 unspecified atom stereocenters. The van der Waals surface area contributed by atoms with Gasteiger partial charge in [0.15, 0.2) is 0 Å². The van der Waals surface area contributed by atoms with E-state index in [0.29, 0.717) is 10.7 Å². The van der Waals surface area contributed by atoms with E-state index < -0.39 is 41.7 Å². The van der Waals surface area contributed by atoms with Crippen LogP contribution in [0.1, 0.15) is 43.9 Å². The van der Waals surface area contributed by atoms with Gasteiger partial charge in [0.05, 0.1) is 6.54 Å². The number of carboxylic acid groups (broad SMARTS) is 1. The van der Waals surface area contributed by atoms with Crippen LogP contribution in [0.2, 0.25) is 5.02 Å². The SMILES string of the molecule is Cc1cc(NC(=O)[C@H](CCNC(=O)OC(C)(C)C)NC(=O)[C@@H]2Cc3ccccc3CN2C(=O)O)ccc1Cl. The number of rotatable bonds is 7. The van der Waals surface area contributed by atoms with Crippen LogP contribution in [0.4, 0.5) is 15.3 Å². The summed E-state index contributed by atoms with van der Waals surface area (Å²) >= 11 is 6.08. The van der Waals surface area contributed by atoms with E-state index >= 15 is 0 Å². The largest absolute Gasteiger partial charge is 0.465 e. The van der Waals surface area contributed by atoms with E-state index in [1.807, 2.05) is 24.3 Å². The van der Waals surface area contributed by atoms with E-state index in [4.69, 9.17) is 16.3 Å². The van der Waals surface area contributed by atoms with Gasteiger partial charge in [-0.15, -0.1) is 0 Å². The van der Waals surface area contributed by atoms with Gasteiger partial charge >= 0.3 is 12.2 Å². The molecule has 2 atom stereocenters. The van der Waals surface area contributed by atoms with Crippen molar-refractivity contribution in [2.45, 2.75) is 64.8 Å². The zero-order valence-electron chi connectivity index (χ0n) is 21.8. The van der Waals surface area contributed by atoms with Crippen LogP contribution in [0, 0.1) is 6.92 Å². The highest BCUT2D eigenvalue weighted by atomic mass is 35.5. The highest BCUT2D eigenvalue weighted by Crippen LogP contribution is 2.24. The fraction of sp³-hybridized carbons (Fsp3) is 0.407. The molecule has 0 fully saturated rings. The first-order valence-corrected chi connectivity index (χ1v) is 12.6. The Morgan fingerprint density at radius 2 is 1.82 bits per heavy atom. The summed E-state index contributed by atoms with van der Waals surface area (Å²) in [4.78, 5) is 51.6. The van der Waals surface area contributed by atoms with Crippen LogP contribution < -0.4 is 16.0 Å². The van der Waals surface area contributed by atoms with Gasteiger partial charge in [-0.1, -0.05) is 35.9 Å². The summed E-state index contributed by atoms with van der Waals surface area (Å²) in [5, 5.41) is 18.3. The first-order chi connectivity index (χ1) is 17.8. The molecule has 1 heterocycles. The van der Waals surface area contributed by atoms with Crippen LogP contribution in [-0.4, -0.2) is 58.2 Å². The number of amides is 4. The van der Waals surface area contributed by atoms with Gasteiger partial charge in [0.25, 0.3) is 0 Å². The third-order valence-electron chi connectivity index (χ3n) is 5.96. The molecule has 2 aromatic rings. The van der Waals surface area contributed by atoms with Crippen molar-refractivity contribution in [2.75, 3.05) is 11.9 Å². The number of halogens is 1. The molecule has 38 heavy (non-hydrogen) atoms. The summed E-state index contributed by atoms with van der Waals surface area (Å²) in [6.07, 6.45) is -1.67. The number of alkyl carbamates (subject to hydrolysis) is 1. The van der Waals surface area contributed by atoms with Gasteiger partial charge in [-0.3, -0.25) is 14.5 Å². The normalized spacial score (nSPS) is 15.6. The Kier molecular flexibility index (Phi) is 9.22. The van der Waals surface area contributed by atoms with Crippen LogP contribution in [0.5, 0.6) is 0 Å². The van der Waals surface area contributed by atoms with Crippen LogP contribution in [0.25, 0.3) is 0 Å². The van der Waals surface area contributed by atoms with Crippen molar-refractivity contribution in [3.63, 3.8) is 0 Å². The Labute approximate surface area is 226 Å². The Morgan fingerprint density at radius 1 is 1.13 bits per heavy atom. The van der Waals surface area contributed by atoms with Crippen molar-refractivity contribution < 1.29 is 29.0 Å². The molecular weight excluding hydrogens is 512 g/mol. The van der Waals surface area contributed by atoms with Crippen molar-refractivity contribution >= 4 is 41.3 Å². The maximum absolute atomic E-state index is 13.3. The minimum Gasteiger partial charge on any atom is -0.465 e. The lowest BCUT2D eigenvalue weighted by molar-refractivity contribution is -0.130. The second-order valence-corrected chi connectivity index (χ2v) is 10.5. The molecule has 0 radical (unpaired) electrons. The molecule has 204 valence electrons. The molecule has 0 aliphatic carbocycles. The van der Waals surface area contributed by atoms with Gasteiger partial charge in [0, 0.05) is 23.7 Å². The van der Waals surface area contributed by atoms with Gasteiger partial charge in [0.2, 0.25) is 11.8 Å². The fourth-order valence-electron chi connectivity index (χ4n) is 4.08. The van der Waals surface area contributed by atoms with Crippen LogP contribution in [-0.2, 0) is 27.3 Å². The number of anilines is 1. The molecule has 0 spiro atoms. The smallest absolute Gasteiger partial charge is 0.408 e. The van der Waals surface area contributed by atoms with Gasteiger partial charge in [-0.25, -0.2) is 9.59 Å². The summed E-state index contributed by atoms with van der Waals surface area (Å²) in [7, 11) is 0. The van der Waals surface area contributed by atoms with Gasteiger partial charge in [0.1, 0.15) is 17.7 Å². The van der Waals surface area contributed by atoms with E-state index in [2.05, 4.69) is 16.0 Å². The number of ether oxygens (including phenoxy) is 1. The van der Waals surface area contributed by atoms with Crippen molar-refractivity contribution in [3.05, 3.63) is 64.2 Å². The number of nitrogens with zero attached hydrogens (tertiary/aromatic N) is 1. The van der Waals surface area contributed by atoms with E-state index in [1.165, 1.54) is 0 Å². The lowest BCUT2D eigenvalue weighted by atomic mass is 9.93. The highest BCUT2D eigenvalue weighted by molar-refractivity contribution is 6.31. The number of aryl methyl sites for hydroxylation is 1. The summed E-state index contributed by atoms with van der Waals surface area (Å²) < 4.78 is 5.23. The van der Waals surface area contributed by atoms with Gasteiger partial charge < -0.3 is 25.8 Å². The maximum atomic E-state index is 13.3. The number of fused-ring (bicyclic) bond motifs is 1. The zero-order chi connectivity index (χ0) is 28.0. The summed E-state index contributed by atoms with van der Waals surface area (Å²) in [6, 6.07) is 10.2. The molecular formula is C27H33ClN4O6. The number of benzene rings is 2. The highest BCUT2D eigenvalue weighted by Gasteiger charge is 2.36. The molecule has 1 aliphatic heterocycles. The second-order valence-electron chi connectivity index (χ2n) is 10.1. The summed E-state index contributed by atoms with van der Waals surface area (Å²) in [5.41, 5.74) is 2.24. The minimum atomic E-state index is -1.23. The molecule has 11 heteroatoms. The molecule has 0 bridgehead atoms. The maximum Gasteiger partial charge on any atom is 0.408 e. The second kappa shape index (κ2) is 12.2. The molecule has 0 aromatic heterocycles. The first kappa shape index (κ1) is 28.8. The third kappa shape index (κ3) is 7.85. The van der Waals surface area contributed by atoms with Crippen LogP contribution in [0.15, 0.2) is 42.5 Å². The van der Waals surface area contributed by atoms with Crippen molar-refractivity contribution in [1.82, 2.24) is 15.5 Å². The fourth-order valence-corrected chi connectivity index (χ4v) is 4.20. The number of nitrogens with one attached hydrogen (secondary N) is 3. The standard InChI is InChI=1S/C27H33ClN4O6/c1-16-13-19(9-10-20(16)28)30-23(33)21(11-12-29-25(35)38-27(2,3)4)31-24(34)22-14-17-7-5-6-8-18(17)15-32(22)26(36)37/h5-10,13,21-22H,11-12,14-15H2,1-4H3,(H,29,35)(H,30,33)(H,31,34)(H,36,37)/t21-,22-/m0/s1. The first-order valence-electron chi connectivity index (χ1n) is 12.2. The minimum absolute atomic E-state index is 0.0308. The van der Waals surface area contributed by atoms with Gasteiger partial charge in [-0.05, 0) is 69.0 Å². The third-order valence-corrected chi connectivity index (χ3v) is 6.38. The molecule has 3 rings (SSSR count). The van der Waals surface area contributed by atoms with Gasteiger partial charge in [-0.2, -0.15) is 0 Å². The lowest BCUT2D eigenvalue weighted by Gasteiger charge is -2.34. The number of carbonyl (C=O) groups excluding carboxylic acids is 3. The average Bonchev–Trinajstić information content (AvgIpc) is 2.83. The molecule has 0 saturated heterocycles. The zero-order valence-corrected chi connectivity index (χ0v) is 22.6. The molecule has 1 aliphatic rings. The van der Waals surface area contributed by atoms with E-state index in [0.717, 1.165) is 21.6 Å². The monoisotopic (exact) mass is 544 g/mol. The Balaban J connectivity index is 1.76.